The highest BCUT2D eigenvalue weighted by atomic mass is 16.7. The van der Waals surface area contributed by atoms with Crippen LogP contribution in [-0.4, -0.2) is 15.8 Å². The van der Waals surface area contributed by atoms with Crippen molar-refractivity contribution in [3.05, 3.63) is 33.1 Å². The molecule has 5 nitrogen and oxygen atoms in total. The van der Waals surface area contributed by atoms with Crippen LogP contribution >= 0.6 is 0 Å². The van der Waals surface area contributed by atoms with E-state index in [0.717, 1.165) is 17.6 Å². The third-order valence-electron chi connectivity index (χ3n) is 3.29. The molecule has 1 aromatic heterocycles. The molecule has 1 atom stereocenters. The third kappa shape index (κ3) is 6.84. The number of rotatable bonds is 10. The van der Waals surface area contributed by atoms with E-state index in [9.17, 15) is 9.59 Å². The molecule has 0 amide bonds. The van der Waals surface area contributed by atoms with Gasteiger partial charge in [0.1, 0.15) is 0 Å². The zero-order valence-electron chi connectivity index (χ0n) is 12.6. The van der Waals surface area contributed by atoms with E-state index < -0.39 is 17.4 Å². The smallest absolute Gasteiger partial charge is 0.361 e. The van der Waals surface area contributed by atoms with E-state index in [1.807, 2.05) is 0 Å². The second-order valence-electron chi connectivity index (χ2n) is 5.11. The highest BCUT2D eigenvalue weighted by Gasteiger charge is 2.08. The van der Waals surface area contributed by atoms with Crippen LogP contribution in [0.4, 0.5) is 0 Å². The molecule has 0 saturated carbocycles. The van der Waals surface area contributed by atoms with Gasteiger partial charge in [-0.25, -0.2) is 4.79 Å². The highest BCUT2D eigenvalue weighted by molar-refractivity contribution is 4.95. The molecule has 0 fully saturated rings. The van der Waals surface area contributed by atoms with Crippen LogP contribution in [-0.2, 0) is 0 Å². The fourth-order valence-corrected chi connectivity index (χ4v) is 2.08. The maximum absolute atomic E-state index is 11.5. The number of terminal acetylenes is 1. The van der Waals surface area contributed by atoms with Gasteiger partial charge in [-0.15, -0.1) is 11.2 Å². The maximum Gasteiger partial charge on any atom is 0.361 e. The first-order chi connectivity index (χ1) is 10.2. The van der Waals surface area contributed by atoms with Gasteiger partial charge in [0, 0.05) is 6.07 Å². The molecule has 5 heteroatoms. The molecule has 0 bridgehead atoms. The second kappa shape index (κ2) is 9.87. The van der Waals surface area contributed by atoms with E-state index in [1.54, 1.807) is 0 Å². The van der Waals surface area contributed by atoms with E-state index in [0.29, 0.717) is 6.42 Å². The summed E-state index contributed by atoms with van der Waals surface area (Å²) in [5, 5.41) is 0. The zero-order valence-corrected chi connectivity index (χ0v) is 12.6. The third-order valence-corrected chi connectivity index (χ3v) is 3.29. The molecule has 0 spiro atoms. The first-order valence-electron chi connectivity index (χ1n) is 7.62. The predicted molar refractivity (Wildman–Crippen MR) is 83.1 cm³/mol. The van der Waals surface area contributed by atoms with Crippen LogP contribution < -0.4 is 16.1 Å². The molecule has 0 aliphatic carbocycles. The van der Waals surface area contributed by atoms with Gasteiger partial charge in [-0.3, -0.25) is 9.78 Å². The number of nitrogens with one attached hydrogen (secondary N) is 1. The fraction of sp³-hybridized carbons (Fsp3) is 0.625. The Labute approximate surface area is 125 Å². The Kier molecular flexibility index (Phi) is 8.03. The Morgan fingerprint density at radius 3 is 2.52 bits per heavy atom. The van der Waals surface area contributed by atoms with Crippen molar-refractivity contribution >= 4 is 0 Å². The van der Waals surface area contributed by atoms with Gasteiger partial charge in [-0.1, -0.05) is 51.4 Å². The zero-order chi connectivity index (χ0) is 15.5. The van der Waals surface area contributed by atoms with Gasteiger partial charge in [0.25, 0.3) is 5.56 Å². The van der Waals surface area contributed by atoms with Crippen molar-refractivity contribution in [1.29, 1.82) is 0 Å². The van der Waals surface area contributed by atoms with Gasteiger partial charge in [0.15, 0.2) is 6.10 Å². The van der Waals surface area contributed by atoms with Crippen LogP contribution in [0.15, 0.2) is 21.9 Å². The summed E-state index contributed by atoms with van der Waals surface area (Å²) >= 11 is 0. The lowest BCUT2D eigenvalue weighted by Gasteiger charge is -2.13. The van der Waals surface area contributed by atoms with Crippen LogP contribution in [0, 0.1) is 12.3 Å². The number of unbranched alkanes of at least 4 members (excludes halogenated alkanes) is 6. The molecule has 1 aromatic rings. The average Bonchev–Trinajstić information content (AvgIpc) is 2.47. The van der Waals surface area contributed by atoms with Gasteiger partial charge in [-0.05, 0) is 12.8 Å². The summed E-state index contributed by atoms with van der Waals surface area (Å²) in [4.78, 5) is 29.9. The number of aromatic nitrogens is 2. The highest BCUT2D eigenvalue weighted by Crippen LogP contribution is 2.09. The molecule has 116 valence electrons. The normalized spacial score (nSPS) is 11.8. The minimum Gasteiger partial charge on any atom is -0.393 e. The molecule has 1 heterocycles. The minimum atomic E-state index is -0.609. The van der Waals surface area contributed by atoms with Crippen LogP contribution in [0.1, 0.15) is 58.3 Å². The molecule has 0 aliphatic rings. The van der Waals surface area contributed by atoms with Gasteiger partial charge < -0.3 is 4.84 Å². The van der Waals surface area contributed by atoms with Crippen molar-refractivity contribution in [2.24, 2.45) is 0 Å². The average molecular weight is 292 g/mol. The minimum absolute atomic E-state index is 0.454. The van der Waals surface area contributed by atoms with E-state index >= 15 is 0 Å². The lowest BCUT2D eigenvalue weighted by Crippen LogP contribution is -2.36. The topological polar surface area (TPSA) is 64.1 Å². The molecule has 0 saturated heterocycles. The van der Waals surface area contributed by atoms with E-state index in [1.165, 1.54) is 44.4 Å². The predicted octanol–water partition coefficient (Wildman–Crippen LogP) is 2.11. The Morgan fingerprint density at radius 2 is 1.90 bits per heavy atom. The summed E-state index contributed by atoms with van der Waals surface area (Å²) in [7, 11) is 0. The first-order valence-corrected chi connectivity index (χ1v) is 7.62. The van der Waals surface area contributed by atoms with Crippen molar-refractivity contribution in [2.45, 2.75) is 64.4 Å². The number of hydrogen-bond acceptors (Lipinski definition) is 3. The van der Waals surface area contributed by atoms with E-state index in [-0.39, 0.29) is 0 Å². The Bertz CT molecular complexity index is 554. The SMILES string of the molecule is C#CC(CCCCCCCCC)On1ccc(=O)[nH]c1=O. The summed E-state index contributed by atoms with van der Waals surface area (Å²) in [6.07, 6.45) is 15.3. The molecule has 0 aromatic carbocycles. The lowest BCUT2D eigenvalue weighted by atomic mass is 10.1. The van der Waals surface area contributed by atoms with Crippen LogP contribution in [0.25, 0.3) is 0 Å². The quantitative estimate of drug-likeness (QED) is 0.530. The largest absolute Gasteiger partial charge is 0.393 e. The Hall–Kier alpha value is -1.96. The summed E-state index contributed by atoms with van der Waals surface area (Å²) in [6, 6.07) is 1.22. The van der Waals surface area contributed by atoms with Crippen molar-refractivity contribution < 1.29 is 4.84 Å². The van der Waals surface area contributed by atoms with Gasteiger partial charge >= 0.3 is 5.69 Å². The summed E-state index contributed by atoms with van der Waals surface area (Å²) in [5.41, 5.74) is -1.06. The Morgan fingerprint density at radius 1 is 1.24 bits per heavy atom. The second-order valence-corrected chi connectivity index (χ2v) is 5.11. The van der Waals surface area contributed by atoms with Crippen LogP contribution in [0.2, 0.25) is 0 Å². The van der Waals surface area contributed by atoms with Crippen molar-refractivity contribution in [3.8, 4) is 12.3 Å². The van der Waals surface area contributed by atoms with Crippen LogP contribution in [0.5, 0.6) is 0 Å². The van der Waals surface area contributed by atoms with Gasteiger partial charge in [-0.2, -0.15) is 0 Å². The molecule has 1 unspecified atom stereocenters. The fourth-order valence-electron chi connectivity index (χ4n) is 2.08. The summed E-state index contributed by atoms with van der Waals surface area (Å²) in [6.45, 7) is 2.20. The number of aromatic amines is 1. The maximum atomic E-state index is 11.5. The number of hydrogen-bond donors (Lipinski definition) is 1. The van der Waals surface area contributed by atoms with Crippen molar-refractivity contribution in [2.75, 3.05) is 0 Å². The molecule has 1 N–H and O–H groups in total. The monoisotopic (exact) mass is 292 g/mol. The summed E-state index contributed by atoms with van der Waals surface area (Å²) in [5.74, 6) is 2.53. The lowest BCUT2D eigenvalue weighted by molar-refractivity contribution is 0.0548. The molecule has 0 aliphatic heterocycles. The summed E-state index contributed by atoms with van der Waals surface area (Å²) < 4.78 is 0.979. The molecule has 0 radical (unpaired) electrons. The van der Waals surface area contributed by atoms with Crippen molar-refractivity contribution in [1.82, 2.24) is 9.71 Å². The molecule has 21 heavy (non-hydrogen) atoms. The van der Waals surface area contributed by atoms with Gasteiger partial charge in [0.2, 0.25) is 0 Å². The Balaban J connectivity index is 2.31. The number of H-pyrrole nitrogens is 1. The standard InChI is InChI=1S/C16H24N2O3/c1-3-5-6-7-8-9-10-11-14(4-2)21-18-13-12-15(19)17-16(18)20/h2,12-14H,3,5-11H2,1H3,(H,17,19,20). The van der Waals surface area contributed by atoms with Crippen LogP contribution in [0.3, 0.4) is 0 Å². The molecular weight excluding hydrogens is 268 g/mol. The molecule has 1 rings (SSSR count). The van der Waals surface area contributed by atoms with E-state index in [2.05, 4.69) is 17.8 Å². The van der Waals surface area contributed by atoms with Gasteiger partial charge in [0.05, 0.1) is 6.20 Å². The van der Waals surface area contributed by atoms with E-state index in [4.69, 9.17) is 11.3 Å². The number of nitrogens with zero attached hydrogens (tertiary/aromatic N) is 1. The van der Waals surface area contributed by atoms with Crippen molar-refractivity contribution in [3.63, 3.8) is 0 Å². The first kappa shape index (κ1) is 17.1. The molecular formula is C16H24N2O3.